The maximum Gasteiger partial charge on any atom is 0.0721 e. The Morgan fingerprint density at radius 2 is 2.20 bits per heavy atom. The van der Waals surface area contributed by atoms with Gasteiger partial charge in [0.05, 0.1) is 6.10 Å². The Balaban J connectivity index is 2.68. The lowest BCUT2D eigenvalue weighted by atomic mass is 9.71. The summed E-state index contributed by atoms with van der Waals surface area (Å²) in [4.78, 5) is 0. The standard InChI is InChI=1S/C14H24O/c1-5-12(15)8-9-13-11(2)7-6-10-14(13,3)4/h5,12,15H,1,6-10H2,2-4H3/t12-/m1/s1. The van der Waals surface area contributed by atoms with E-state index < -0.39 is 0 Å². The van der Waals surface area contributed by atoms with Crippen molar-refractivity contribution in [3.05, 3.63) is 23.8 Å². The van der Waals surface area contributed by atoms with E-state index in [0.29, 0.717) is 5.41 Å². The van der Waals surface area contributed by atoms with Crippen LogP contribution in [0.25, 0.3) is 0 Å². The first-order valence-corrected chi connectivity index (χ1v) is 5.97. The molecule has 0 bridgehead atoms. The van der Waals surface area contributed by atoms with E-state index in [9.17, 15) is 5.11 Å². The smallest absolute Gasteiger partial charge is 0.0721 e. The van der Waals surface area contributed by atoms with Gasteiger partial charge in [0.15, 0.2) is 0 Å². The van der Waals surface area contributed by atoms with Gasteiger partial charge in [-0.1, -0.05) is 31.1 Å². The van der Waals surface area contributed by atoms with Gasteiger partial charge in [0, 0.05) is 0 Å². The third-order valence-electron chi connectivity index (χ3n) is 3.65. The molecule has 0 heterocycles. The molecule has 0 saturated heterocycles. The molecule has 0 fully saturated rings. The molecule has 1 aliphatic rings. The summed E-state index contributed by atoms with van der Waals surface area (Å²) in [5.74, 6) is 0. The third kappa shape index (κ3) is 3.20. The van der Waals surface area contributed by atoms with E-state index >= 15 is 0 Å². The third-order valence-corrected chi connectivity index (χ3v) is 3.65. The fourth-order valence-corrected chi connectivity index (χ4v) is 2.64. The predicted molar refractivity (Wildman–Crippen MR) is 65.8 cm³/mol. The first-order valence-electron chi connectivity index (χ1n) is 5.97. The zero-order chi connectivity index (χ0) is 11.5. The predicted octanol–water partition coefficient (Wildman–Crippen LogP) is 3.84. The van der Waals surface area contributed by atoms with Gasteiger partial charge in [-0.3, -0.25) is 0 Å². The lowest BCUT2D eigenvalue weighted by molar-refractivity contribution is 0.208. The monoisotopic (exact) mass is 208 g/mol. The normalized spacial score (nSPS) is 22.7. The molecule has 0 aliphatic heterocycles. The van der Waals surface area contributed by atoms with Gasteiger partial charge in [0.1, 0.15) is 0 Å². The minimum atomic E-state index is -0.344. The number of hydrogen-bond acceptors (Lipinski definition) is 1. The number of rotatable bonds is 4. The van der Waals surface area contributed by atoms with Crippen LogP contribution in [0.5, 0.6) is 0 Å². The van der Waals surface area contributed by atoms with Crippen molar-refractivity contribution in [1.82, 2.24) is 0 Å². The van der Waals surface area contributed by atoms with Crippen LogP contribution in [0.2, 0.25) is 0 Å². The second-order valence-corrected chi connectivity index (χ2v) is 5.34. The molecule has 0 amide bonds. The second kappa shape index (κ2) is 4.98. The van der Waals surface area contributed by atoms with Crippen LogP contribution in [0.3, 0.4) is 0 Å². The number of allylic oxidation sites excluding steroid dienone is 2. The summed E-state index contributed by atoms with van der Waals surface area (Å²) in [5.41, 5.74) is 3.45. The van der Waals surface area contributed by atoms with Gasteiger partial charge in [-0.25, -0.2) is 0 Å². The maximum atomic E-state index is 9.50. The van der Waals surface area contributed by atoms with Crippen molar-refractivity contribution in [2.75, 3.05) is 0 Å². The molecule has 0 radical (unpaired) electrons. The van der Waals surface area contributed by atoms with Crippen LogP contribution >= 0.6 is 0 Å². The molecule has 1 heteroatoms. The number of aliphatic hydroxyl groups is 1. The molecule has 0 spiro atoms. The highest BCUT2D eigenvalue weighted by Gasteiger charge is 2.27. The lowest BCUT2D eigenvalue weighted by Gasteiger charge is -2.35. The van der Waals surface area contributed by atoms with E-state index in [-0.39, 0.29) is 6.10 Å². The maximum absolute atomic E-state index is 9.50. The molecule has 0 aromatic heterocycles. The van der Waals surface area contributed by atoms with Gasteiger partial charge < -0.3 is 5.11 Å². The highest BCUT2D eigenvalue weighted by atomic mass is 16.3. The molecule has 1 N–H and O–H groups in total. The summed E-state index contributed by atoms with van der Waals surface area (Å²) in [6.45, 7) is 10.5. The van der Waals surface area contributed by atoms with Crippen LogP contribution in [0.4, 0.5) is 0 Å². The van der Waals surface area contributed by atoms with E-state index in [4.69, 9.17) is 0 Å². The fraction of sp³-hybridized carbons (Fsp3) is 0.714. The van der Waals surface area contributed by atoms with Crippen LogP contribution in [-0.2, 0) is 0 Å². The Morgan fingerprint density at radius 1 is 1.53 bits per heavy atom. The zero-order valence-corrected chi connectivity index (χ0v) is 10.3. The fourth-order valence-electron chi connectivity index (χ4n) is 2.64. The Labute approximate surface area is 93.9 Å². The van der Waals surface area contributed by atoms with Crippen molar-refractivity contribution in [2.24, 2.45) is 5.41 Å². The van der Waals surface area contributed by atoms with Crippen LogP contribution in [0, 0.1) is 5.41 Å². The van der Waals surface area contributed by atoms with Gasteiger partial charge in [-0.15, -0.1) is 6.58 Å². The van der Waals surface area contributed by atoms with Crippen molar-refractivity contribution in [1.29, 1.82) is 0 Å². The molecular weight excluding hydrogens is 184 g/mol. The van der Waals surface area contributed by atoms with E-state index in [0.717, 1.165) is 12.8 Å². The van der Waals surface area contributed by atoms with Crippen LogP contribution in [-0.4, -0.2) is 11.2 Å². The molecule has 15 heavy (non-hydrogen) atoms. The summed E-state index contributed by atoms with van der Waals surface area (Å²) in [6.07, 6.45) is 6.96. The molecule has 0 aromatic carbocycles. The Hall–Kier alpha value is -0.560. The zero-order valence-electron chi connectivity index (χ0n) is 10.3. The molecule has 1 nitrogen and oxygen atoms in total. The quantitative estimate of drug-likeness (QED) is 0.696. The first kappa shape index (κ1) is 12.5. The average Bonchev–Trinajstić information content (AvgIpc) is 2.15. The minimum absolute atomic E-state index is 0.337. The molecule has 0 aromatic rings. The van der Waals surface area contributed by atoms with Crippen LogP contribution in [0.15, 0.2) is 23.8 Å². The minimum Gasteiger partial charge on any atom is -0.389 e. The van der Waals surface area contributed by atoms with Crippen molar-refractivity contribution in [2.45, 2.75) is 59.0 Å². The molecule has 86 valence electrons. The van der Waals surface area contributed by atoms with Gasteiger partial charge in [-0.05, 0) is 44.4 Å². The molecular formula is C14H24O. The van der Waals surface area contributed by atoms with Gasteiger partial charge >= 0.3 is 0 Å². The Bertz CT molecular complexity index is 261. The Morgan fingerprint density at radius 3 is 2.73 bits per heavy atom. The summed E-state index contributed by atoms with van der Waals surface area (Å²) in [7, 11) is 0. The first-order chi connectivity index (χ1) is 6.97. The largest absolute Gasteiger partial charge is 0.389 e. The number of aliphatic hydroxyl groups excluding tert-OH is 1. The molecule has 1 atom stereocenters. The molecule has 0 saturated carbocycles. The topological polar surface area (TPSA) is 20.2 Å². The number of hydrogen-bond donors (Lipinski definition) is 1. The van der Waals surface area contributed by atoms with E-state index in [1.165, 1.54) is 19.3 Å². The highest BCUT2D eigenvalue weighted by Crippen LogP contribution is 2.42. The van der Waals surface area contributed by atoms with Crippen molar-refractivity contribution in [3.63, 3.8) is 0 Å². The highest BCUT2D eigenvalue weighted by molar-refractivity contribution is 5.22. The van der Waals surface area contributed by atoms with Crippen molar-refractivity contribution < 1.29 is 5.11 Å². The summed E-state index contributed by atoms with van der Waals surface area (Å²) < 4.78 is 0. The SMILES string of the molecule is C=C[C@@H](O)CCC1=C(C)CCCC1(C)C. The van der Waals surface area contributed by atoms with Crippen LogP contribution < -0.4 is 0 Å². The second-order valence-electron chi connectivity index (χ2n) is 5.34. The summed E-state index contributed by atoms with van der Waals surface area (Å²) in [5, 5.41) is 9.50. The molecule has 0 unspecified atom stereocenters. The van der Waals surface area contributed by atoms with Crippen molar-refractivity contribution in [3.8, 4) is 0 Å². The average molecular weight is 208 g/mol. The molecule has 1 rings (SSSR count). The van der Waals surface area contributed by atoms with E-state index in [1.807, 2.05) is 0 Å². The molecule has 1 aliphatic carbocycles. The van der Waals surface area contributed by atoms with Gasteiger partial charge in [0.25, 0.3) is 0 Å². The van der Waals surface area contributed by atoms with Crippen molar-refractivity contribution >= 4 is 0 Å². The summed E-state index contributed by atoms with van der Waals surface area (Å²) in [6, 6.07) is 0. The van der Waals surface area contributed by atoms with Gasteiger partial charge in [0.2, 0.25) is 0 Å². The van der Waals surface area contributed by atoms with Gasteiger partial charge in [-0.2, -0.15) is 0 Å². The van der Waals surface area contributed by atoms with E-state index in [1.54, 1.807) is 17.2 Å². The van der Waals surface area contributed by atoms with Crippen LogP contribution in [0.1, 0.15) is 52.9 Å². The lowest BCUT2D eigenvalue weighted by Crippen LogP contribution is -2.21. The van der Waals surface area contributed by atoms with E-state index in [2.05, 4.69) is 27.4 Å². The Kier molecular flexibility index (Phi) is 4.15. The summed E-state index contributed by atoms with van der Waals surface area (Å²) >= 11 is 0.